The summed E-state index contributed by atoms with van der Waals surface area (Å²) in [4.78, 5) is 0. The van der Waals surface area contributed by atoms with Crippen LogP contribution in [0.1, 0.15) is 43.7 Å². The van der Waals surface area contributed by atoms with Crippen molar-refractivity contribution in [3.63, 3.8) is 0 Å². The monoisotopic (exact) mass is 236 g/mol. The number of halogens is 1. The van der Waals surface area contributed by atoms with Crippen LogP contribution in [0.15, 0.2) is 35.9 Å². The second kappa shape index (κ2) is 6.10. The van der Waals surface area contributed by atoms with E-state index < -0.39 is 0 Å². The van der Waals surface area contributed by atoms with Gasteiger partial charge in [0.1, 0.15) is 0 Å². The summed E-state index contributed by atoms with van der Waals surface area (Å²) in [5.74, 6) is 0.535. The zero-order valence-corrected chi connectivity index (χ0v) is 11.4. The minimum Gasteiger partial charge on any atom is -0.118 e. The van der Waals surface area contributed by atoms with Gasteiger partial charge >= 0.3 is 0 Å². The molecular weight excluding hydrogens is 216 g/mol. The lowest BCUT2D eigenvalue weighted by Crippen LogP contribution is -1.98. The molecule has 0 aliphatic carbocycles. The standard InChI is InChI=1S/C15H21Cl/c1-11(2)8-13(4)10-15(16)14-7-5-6-12(3)9-14/h5-9,13,15H,10H2,1-4H3. The predicted octanol–water partition coefficient (Wildman–Crippen LogP) is 5.27. The van der Waals surface area contributed by atoms with Crippen LogP contribution in [0.4, 0.5) is 0 Å². The second-order valence-electron chi connectivity index (χ2n) is 4.84. The Labute approximate surface area is 104 Å². The third-order valence-corrected chi connectivity index (χ3v) is 3.03. The Kier molecular flexibility index (Phi) is 5.08. The zero-order chi connectivity index (χ0) is 12.1. The van der Waals surface area contributed by atoms with Crippen molar-refractivity contribution in [2.75, 3.05) is 0 Å². The van der Waals surface area contributed by atoms with Crippen molar-refractivity contribution in [2.45, 2.75) is 39.5 Å². The van der Waals surface area contributed by atoms with E-state index in [1.165, 1.54) is 16.7 Å². The highest BCUT2D eigenvalue weighted by atomic mass is 35.5. The van der Waals surface area contributed by atoms with E-state index in [2.05, 4.69) is 58.0 Å². The first kappa shape index (κ1) is 13.3. The van der Waals surface area contributed by atoms with Crippen LogP contribution >= 0.6 is 11.6 Å². The number of rotatable bonds is 4. The van der Waals surface area contributed by atoms with Crippen molar-refractivity contribution in [3.8, 4) is 0 Å². The summed E-state index contributed by atoms with van der Waals surface area (Å²) in [6, 6.07) is 8.46. The number of allylic oxidation sites excluding steroid dienone is 2. The lowest BCUT2D eigenvalue weighted by Gasteiger charge is -2.14. The van der Waals surface area contributed by atoms with Gasteiger partial charge in [-0.2, -0.15) is 0 Å². The van der Waals surface area contributed by atoms with E-state index in [0.717, 1.165) is 6.42 Å². The highest BCUT2D eigenvalue weighted by Crippen LogP contribution is 2.29. The van der Waals surface area contributed by atoms with Crippen LogP contribution in [-0.2, 0) is 0 Å². The van der Waals surface area contributed by atoms with Crippen LogP contribution in [0.5, 0.6) is 0 Å². The highest BCUT2D eigenvalue weighted by molar-refractivity contribution is 6.20. The van der Waals surface area contributed by atoms with E-state index in [0.29, 0.717) is 5.92 Å². The molecular formula is C15H21Cl. The van der Waals surface area contributed by atoms with Crippen molar-refractivity contribution in [1.29, 1.82) is 0 Å². The topological polar surface area (TPSA) is 0 Å². The SMILES string of the molecule is CC(C)=CC(C)CC(Cl)c1cccc(C)c1. The molecule has 88 valence electrons. The third kappa shape index (κ3) is 4.40. The summed E-state index contributed by atoms with van der Waals surface area (Å²) in [5, 5.41) is 0.116. The second-order valence-corrected chi connectivity index (χ2v) is 5.37. The molecule has 0 radical (unpaired) electrons. The normalized spacial score (nSPS) is 14.3. The number of aryl methyl sites for hydroxylation is 1. The minimum atomic E-state index is 0.116. The summed E-state index contributed by atoms with van der Waals surface area (Å²) in [5.41, 5.74) is 3.87. The first-order chi connectivity index (χ1) is 7.49. The van der Waals surface area contributed by atoms with Gasteiger partial charge in [-0.25, -0.2) is 0 Å². The van der Waals surface area contributed by atoms with Gasteiger partial charge in [0.2, 0.25) is 0 Å². The van der Waals surface area contributed by atoms with Gasteiger partial charge in [0, 0.05) is 0 Å². The third-order valence-electron chi connectivity index (χ3n) is 2.60. The average molecular weight is 237 g/mol. The maximum absolute atomic E-state index is 6.43. The van der Waals surface area contributed by atoms with Crippen LogP contribution < -0.4 is 0 Å². The molecule has 0 nitrogen and oxygen atoms in total. The maximum Gasteiger partial charge on any atom is 0.0590 e. The molecule has 1 aromatic rings. The van der Waals surface area contributed by atoms with Crippen LogP contribution in [-0.4, -0.2) is 0 Å². The molecule has 0 fully saturated rings. The van der Waals surface area contributed by atoms with E-state index in [4.69, 9.17) is 11.6 Å². The summed E-state index contributed by atoms with van der Waals surface area (Å²) in [6.07, 6.45) is 3.28. The molecule has 0 heterocycles. The summed E-state index contributed by atoms with van der Waals surface area (Å²) >= 11 is 6.43. The number of hydrogen-bond acceptors (Lipinski definition) is 0. The molecule has 0 amide bonds. The van der Waals surface area contributed by atoms with E-state index in [-0.39, 0.29) is 5.38 Å². The molecule has 0 aliphatic rings. The van der Waals surface area contributed by atoms with Crippen molar-refractivity contribution in [1.82, 2.24) is 0 Å². The van der Waals surface area contributed by atoms with Crippen molar-refractivity contribution < 1.29 is 0 Å². The Morgan fingerprint density at radius 1 is 1.38 bits per heavy atom. The first-order valence-corrected chi connectivity index (χ1v) is 6.28. The molecule has 0 N–H and O–H groups in total. The molecule has 2 unspecified atom stereocenters. The maximum atomic E-state index is 6.43. The molecule has 0 aromatic heterocycles. The summed E-state index contributed by atoms with van der Waals surface area (Å²) in [7, 11) is 0. The predicted molar refractivity (Wildman–Crippen MR) is 73.0 cm³/mol. The van der Waals surface area contributed by atoms with Gasteiger partial charge in [-0.05, 0) is 38.7 Å². The number of benzene rings is 1. The van der Waals surface area contributed by atoms with Crippen molar-refractivity contribution >= 4 is 11.6 Å². The fourth-order valence-corrected chi connectivity index (χ4v) is 2.38. The van der Waals surface area contributed by atoms with Crippen molar-refractivity contribution in [3.05, 3.63) is 47.0 Å². The molecule has 0 saturated carbocycles. The first-order valence-electron chi connectivity index (χ1n) is 5.84. The molecule has 1 aromatic carbocycles. The van der Waals surface area contributed by atoms with Gasteiger partial charge in [-0.1, -0.05) is 48.4 Å². The molecule has 1 rings (SSSR count). The molecule has 0 aliphatic heterocycles. The fraction of sp³-hybridized carbons (Fsp3) is 0.467. The van der Waals surface area contributed by atoms with Crippen LogP contribution in [0.2, 0.25) is 0 Å². The Bertz CT molecular complexity index is 361. The van der Waals surface area contributed by atoms with E-state index in [1.807, 2.05) is 0 Å². The molecule has 0 bridgehead atoms. The lowest BCUT2D eigenvalue weighted by atomic mass is 9.98. The highest BCUT2D eigenvalue weighted by Gasteiger charge is 2.11. The van der Waals surface area contributed by atoms with Gasteiger partial charge in [0.05, 0.1) is 5.38 Å². The van der Waals surface area contributed by atoms with E-state index >= 15 is 0 Å². The van der Waals surface area contributed by atoms with Crippen LogP contribution in [0.25, 0.3) is 0 Å². The molecule has 0 spiro atoms. The Hall–Kier alpha value is -0.750. The molecule has 2 atom stereocenters. The molecule has 16 heavy (non-hydrogen) atoms. The lowest BCUT2D eigenvalue weighted by molar-refractivity contribution is 0.629. The van der Waals surface area contributed by atoms with Crippen molar-refractivity contribution in [2.24, 2.45) is 5.92 Å². The van der Waals surface area contributed by atoms with Gasteiger partial charge in [-0.15, -0.1) is 11.6 Å². The minimum absolute atomic E-state index is 0.116. The average Bonchev–Trinajstić information content (AvgIpc) is 2.16. The fourth-order valence-electron chi connectivity index (χ4n) is 1.96. The zero-order valence-electron chi connectivity index (χ0n) is 10.6. The Morgan fingerprint density at radius 2 is 2.06 bits per heavy atom. The number of hydrogen-bond donors (Lipinski definition) is 0. The van der Waals surface area contributed by atoms with Gasteiger partial charge in [0.15, 0.2) is 0 Å². The van der Waals surface area contributed by atoms with Gasteiger partial charge < -0.3 is 0 Å². The smallest absolute Gasteiger partial charge is 0.0590 e. The Morgan fingerprint density at radius 3 is 2.62 bits per heavy atom. The molecule has 0 saturated heterocycles. The van der Waals surface area contributed by atoms with E-state index in [1.54, 1.807) is 0 Å². The largest absolute Gasteiger partial charge is 0.118 e. The van der Waals surface area contributed by atoms with Crippen LogP contribution in [0.3, 0.4) is 0 Å². The quantitative estimate of drug-likeness (QED) is 0.494. The summed E-state index contributed by atoms with van der Waals surface area (Å²) < 4.78 is 0. The number of alkyl halides is 1. The van der Waals surface area contributed by atoms with Crippen LogP contribution in [0, 0.1) is 12.8 Å². The van der Waals surface area contributed by atoms with Gasteiger partial charge in [-0.3, -0.25) is 0 Å². The van der Waals surface area contributed by atoms with Gasteiger partial charge in [0.25, 0.3) is 0 Å². The van der Waals surface area contributed by atoms with E-state index in [9.17, 15) is 0 Å². The Balaban J connectivity index is 2.65. The molecule has 1 heteroatoms. The summed E-state index contributed by atoms with van der Waals surface area (Å²) in [6.45, 7) is 8.59.